The molecule has 0 aliphatic rings. The molecule has 1 atom stereocenters. The Morgan fingerprint density at radius 3 is 2.62 bits per heavy atom. The SMILES string of the molecule is CCCC(C)c1cc(C)c(C(=O)NCc2c(C)n[nH]c2C)c(=O)o1. The van der Waals surface area contributed by atoms with Crippen molar-refractivity contribution in [2.24, 2.45) is 0 Å². The topological polar surface area (TPSA) is 88.0 Å². The Morgan fingerprint density at radius 1 is 1.38 bits per heavy atom. The Hall–Kier alpha value is -2.37. The van der Waals surface area contributed by atoms with E-state index < -0.39 is 11.5 Å². The number of carbonyl (C=O) groups is 1. The average molecular weight is 331 g/mol. The molecule has 0 saturated carbocycles. The molecule has 0 aliphatic heterocycles. The molecule has 6 heteroatoms. The van der Waals surface area contributed by atoms with Crippen LogP contribution >= 0.6 is 0 Å². The predicted molar refractivity (Wildman–Crippen MR) is 92.3 cm³/mol. The van der Waals surface area contributed by atoms with Gasteiger partial charge in [-0.3, -0.25) is 9.89 Å². The standard InChI is InChI=1S/C18H25N3O3/c1-6-7-10(2)15-8-11(3)16(18(23)24-15)17(22)19-9-14-12(4)20-21-13(14)5/h8,10H,6-7,9H2,1-5H3,(H,19,22)(H,20,21). The zero-order valence-corrected chi connectivity index (χ0v) is 14.9. The summed E-state index contributed by atoms with van der Waals surface area (Å²) in [5, 5.41) is 9.75. The van der Waals surface area contributed by atoms with E-state index in [2.05, 4.69) is 22.4 Å². The summed E-state index contributed by atoms with van der Waals surface area (Å²) < 4.78 is 5.37. The molecule has 130 valence electrons. The molecule has 0 fully saturated rings. The predicted octanol–water partition coefficient (Wildman–Crippen LogP) is 3.12. The summed E-state index contributed by atoms with van der Waals surface area (Å²) in [7, 11) is 0. The first kappa shape index (κ1) is 18.0. The van der Waals surface area contributed by atoms with Crippen LogP contribution < -0.4 is 10.9 Å². The summed E-state index contributed by atoms with van der Waals surface area (Å²) in [5.41, 5.74) is 2.80. The van der Waals surface area contributed by atoms with Gasteiger partial charge in [0.1, 0.15) is 11.3 Å². The van der Waals surface area contributed by atoms with Crippen molar-refractivity contribution in [2.75, 3.05) is 0 Å². The van der Waals surface area contributed by atoms with Crippen molar-refractivity contribution in [3.05, 3.63) is 50.3 Å². The van der Waals surface area contributed by atoms with Gasteiger partial charge in [-0.2, -0.15) is 5.10 Å². The number of hydrogen-bond donors (Lipinski definition) is 2. The summed E-state index contributed by atoms with van der Waals surface area (Å²) in [6.45, 7) is 9.95. The maximum Gasteiger partial charge on any atom is 0.349 e. The van der Waals surface area contributed by atoms with Crippen LogP contribution in [-0.2, 0) is 6.54 Å². The summed E-state index contributed by atoms with van der Waals surface area (Å²) in [6, 6.07) is 1.80. The van der Waals surface area contributed by atoms with Gasteiger partial charge in [0, 0.05) is 23.7 Å². The van der Waals surface area contributed by atoms with Crippen molar-refractivity contribution < 1.29 is 9.21 Å². The Labute approximate surface area is 141 Å². The van der Waals surface area contributed by atoms with E-state index in [4.69, 9.17) is 4.42 Å². The normalized spacial score (nSPS) is 12.2. The number of aryl methyl sites for hydroxylation is 3. The lowest BCUT2D eigenvalue weighted by Crippen LogP contribution is -2.29. The van der Waals surface area contributed by atoms with Crippen LogP contribution in [-0.4, -0.2) is 16.1 Å². The molecular formula is C18H25N3O3. The molecule has 0 spiro atoms. The van der Waals surface area contributed by atoms with Crippen molar-refractivity contribution in [1.82, 2.24) is 15.5 Å². The van der Waals surface area contributed by atoms with Gasteiger partial charge in [-0.15, -0.1) is 0 Å². The molecule has 2 heterocycles. The lowest BCUT2D eigenvalue weighted by molar-refractivity contribution is 0.0945. The number of aromatic nitrogens is 2. The van der Waals surface area contributed by atoms with Crippen molar-refractivity contribution in [3.8, 4) is 0 Å². The minimum atomic E-state index is -0.578. The zero-order valence-electron chi connectivity index (χ0n) is 14.9. The van der Waals surface area contributed by atoms with Crippen molar-refractivity contribution in [2.45, 2.75) is 59.9 Å². The number of hydrogen-bond acceptors (Lipinski definition) is 4. The lowest BCUT2D eigenvalue weighted by atomic mass is 10.0. The van der Waals surface area contributed by atoms with E-state index >= 15 is 0 Å². The summed E-state index contributed by atoms with van der Waals surface area (Å²) in [6.07, 6.45) is 1.95. The van der Waals surface area contributed by atoms with Gasteiger partial charge in [0.2, 0.25) is 0 Å². The number of rotatable bonds is 6. The van der Waals surface area contributed by atoms with Crippen molar-refractivity contribution >= 4 is 5.91 Å². The van der Waals surface area contributed by atoms with Crippen LogP contribution in [0.1, 0.15) is 71.2 Å². The molecule has 2 N–H and O–H groups in total. The molecule has 0 aliphatic carbocycles. The van der Waals surface area contributed by atoms with E-state index in [1.165, 1.54) is 0 Å². The molecular weight excluding hydrogens is 306 g/mol. The van der Waals surface area contributed by atoms with E-state index in [9.17, 15) is 9.59 Å². The fourth-order valence-electron chi connectivity index (χ4n) is 2.82. The van der Waals surface area contributed by atoms with E-state index in [1.807, 2.05) is 20.8 Å². The quantitative estimate of drug-likeness (QED) is 0.851. The second-order valence-electron chi connectivity index (χ2n) is 6.28. The smallest absolute Gasteiger partial charge is 0.349 e. The van der Waals surface area contributed by atoms with Gasteiger partial charge >= 0.3 is 5.63 Å². The molecule has 6 nitrogen and oxygen atoms in total. The largest absolute Gasteiger partial charge is 0.427 e. The molecule has 0 bridgehead atoms. The van der Waals surface area contributed by atoms with Crippen LogP contribution in [0.4, 0.5) is 0 Å². The third-order valence-electron chi connectivity index (χ3n) is 4.31. The number of aromatic amines is 1. The van der Waals surface area contributed by atoms with Gasteiger partial charge in [-0.05, 0) is 38.8 Å². The van der Waals surface area contributed by atoms with Crippen LogP contribution in [0, 0.1) is 20.8 Å². The Balaban J connectivity index is 2.19. The van der Waals surface area contributed by atoms with E-state index in [-0.39, 0.29) is 11.5 Å². The highest BCUT2D eigenvalue weighted by molar-refractivity contribution is 5.95. The van der Waals surface area contributed by atoms with E-state index in [1.54, 1.807) is 13.0 Å². The second-order valence-corrected chi connectivity index (χ2v) is 6.28. The molecule has 1 amide bonds. The number of nitrogens with one attached hydrogen (secondary N) is 2. The third kappa shape index (κ3) is 3.75. The minimum Gasteiger partial charge on any atom is -0.427 e. The van der Waals surface area contributed by atoms with Crippen LogP contribution in [0.25, 0.3) is 0 Å². The first-order chi connectivity index (χ1) is 11.3. The molecule has 0 saturated heterocycles. The van der Waals surface area contributed by atoms with Gasteiger partial charge in [-0.25, -0.2) is 4.79 Å². The molecule has 24 heavy (non-hydrogen) atoms. The van der Waals surface area contributed by atoms with E-state index in [0.29, 0.717) is 17.9 Å². The van der Waals surface area contributed by atoms with Crippen LogP contribution in [0.3, 0.4) is 0 Å². The Morgan fingerprint density at radius 2 is 2.08 bits per heavy atom. The molecule has 0 aromatic carbocycles. The highest BCUT2D eigenvalue weighted by Gasteiger charge is 2.19. The van der Waals surface area contributed by atoms with Gasteiger partial charge in [0.15, 0.2) is 0 Å². The molecule has 0 radical (unpaired) electrons. The maximum absolute atomic E-state index is 12.4. The fraction of sp³-hybridized carbons (Fsp3) is 0.500. The van der Waals surface area contributed by atoms with Crippen LogP contribution in [0.2, 0.25) is 0 Å². The number of H-pyrrole nitrogens is 1. The minimum absolute atomic E-state index is 0.0706. The highest BCUT2D eigenvalue weighted by Crippen LogP contribution is 2.21. The van der Waals surface area contributed by atoms with Gasteiger partial charge in [0.05, 0.1) is 5.69 Å². The third-order valence-corrected chi connectivity index (χ3v) is 4.31. The first-order valence-corrected chi connectivity index (χ1v) is 8.28. The molecule has 2 rings (SSSR count). The van der Waals surface area contributed by atoms with Crippen molar-refractivity contribution in [1.29, 1.82) is 0 Å². The average Bonchev–Trinajstić information content (AvgIpc) is 2.83. The molecule has 2 aromatic rings. The Kier molecular flexibility index (Phi) is 5.59. The summed E-state index contributed by atoms with van der Waals surface area (Å²) in [5.74, 6) is 0.378. The Bertz CT molecular complexity index is 770. The highest BCUT2D eigenvalue weighted by atomic mass is 16.4. The van der Waals surface area contributed by atoms with Crippen LogP contribution in [0.15, 0.2) is 15.3 Å². The van der Waals surface area contributed by atoms with Gasteiger partial charge in [0.25, 0.3) is 5.91 Å². The number of carbonyl (C=O) groups excluding carboxylic acids is 1. The number of amides is 1. The van der Waals surface area contributed by atoms with E-state index in [0.717, 1.165) is 29.8 Å². The fourth-order valence-corrected chi connectivity index (χ4v) is 2.82. The summed E-state index contributed by atoms with van der Waals surface area (Å²) >= 11 is 0. The molecule has 2 aromatic heterocycles. The molecule has 1 unspecified atom stereocenters. The zero-order chi connectivity index (χ0) is 17.9. The van der Waals surface area contributed by atoms with Crippen molar-refractivity contribution in [3.63, 3.8) is 0 Å². The first-order valence-electron chi connectivity index (χ1n) is 8.28. The van der Waals surface area contributed by atoms with Gasteiger partial charge in [-0.1, -0.05) is 20.3 Å². The second kappa shape index (κ2) is 7.47. The van der Waals surface area contributed by atoms with Gasteiger partial charge < -0.3 is 9.73 Å². The summed E-state index contributed by atoms with van der Waals surface area (Å²) in [4.78, 5) is 24.7. The van der Waals surface area contributed by atoms with Crippen LogP contribution in [0.5, 0.6) is 0 Å². The lowest BCUT2D eigenvalue weighted by Gasteiger charge is -2.12. The maximum atomic E-state index is 12.4. The number of nitrogens with zero attached hydrogens (tertiary/aromatic N) is 1. The monoisotopic (exact) mass is 331 g/mol.